The van der Waals surface area contributed by atoms with Crippen LogP contribution in [0.15, 0.2) is 71.3 Å². The van der Waals surface area contributed by atoms with E-state index in [1.165, 1.54) is 0 Å². The molecule has 0 aliphatic heterocycles. The predicted octanol–water partition coefficient (Wildman–Crippen LogP) is 4.04. The van der Waals surface area contributed by atoms with Gasteiger partial charge in [0.25, 0.3) is 5.91 Å². The minimum absolute atomic E-state index is 0.253. The molecule has 0 saturated heterocycles. The third kappa shape index (κ3) is 4.02. The summed E-state index contributed by atoms with van der Waals surface area (Å²) in [5, 5.41) is 7.10. The molecule has 2 aromatic carbocycles. The number of halogens is 1. The highest BCUT2D eigenvalue weighted by molar-refractivity contribution is 9.10. The summed E-state index contributed by atoms with van der Waals surface area (Å²) in [7, 11) is 0. The minimum atomic E-state index is -0.631. The molecular formula is C18H16BrN3O2. The summed E-state index contributed by atoms with van der Waals surface area (Å²) >= 11 is 3.36. The number of para-hydroxylation sites is 1. The van der Waals surface area contributed by atoms with E-state index in [1.807, 2.05) is 42.5 Å². The quantitative estimate of drug-likeness (QED) is 0.720. The average Bonchev–Trinajstić information content (AvgIpc) is 3.06. The molecule has 0 aliphatic rings. The second-order valence-electron chi connectivity index (χ2n) is 5.18. The highest BCUT2D eigenvalue weighted by atomic mass is 79.9. The zero-order valence-corrected chi connectivity index (χ0v) is 14.6. The van der Waals surface area contributed by atoms with Crippen molar-refractivity contribution >= 4 is 27.7 Å². The number of benzene rings is 2. The molecule has 1 heterocycles. The first kappa shape index (κ1) is 16.3. The third-order valence-corrected chi connectivity index (χ3v) is 3.89. The number of anilines is 1. The SMILES string of the molecule is CC(Oc1ccc(Br)cc1)C(=O)Nc1ccn(-c2ccccc2)n1. The van der Waals surface area contributed by atoms with Crippen LogP contribution in [-0.4, -0.2) is 21.8 Å². The van der Waals surface area contributed by atoms with Crippen molar-refractivity contribution in [3.63, 3.8) is 0 Å². The number of nitrogens with one attached hydrogen (secondary N) is 1. The Bertz CT molecular complexity index is 816. The Balaban J connectivity index is 1.62. The van der Waals surface area contributed by atoms with Crippen LogP contribution in [0.4, 0.5) is 5.82 Å². The fraction of sp³-hybridized carbons (Fsp3) is 0.111. The van der Waals surface area contributed by atoms with Crippen LogP contribution in [0.25, 0.3) is 5.69 Å². The van der Waals surface area contributed by atoms with Gasteiger partial charge in [0, 0.05) is 16.7 Å². The van der Waals surface area contributed by atoms with Gasteiger partial charge < -0.3 is 10.1 Å². The summed E-state index contributed by atoms with van der Waals surface area (Å²) in [6, 6.07) is 18.8. The number of aromatic nitrogens is 2. The highest BCUT2D eigenvalue weighted by Crippen LogP contribution is 2.18. The van der Waals surface area contributed by atoms with Gasteiger partial charge in [0.1, 0.15) is 5.75 Å². The summed E-state index contributed by atoms with van der Waals surface area (Å²) < 4.78 is 8.29. The topological polar surface area (TPSA) is 56.1 Å². The molecular weight excluding hydrogens is 370 g/mol. The number of hydrogen-bond donors (Lipinski definition) is 1. The number of amides is 1. The first-order valence-electron chi connectivity index (χ1n) is 7.46. The van der Waals surface area contributed by atoms with E-state index in [9.17, 15) is 4.79 Å². The van der Waals surface area contributed by atoms with Crippen molar-refractivity contribution in [1.29, 1.82) is 0 Å². The van der Waals surface area contributed by atoms with Crippen LogP contribution in [0.1, 0.15) is 6.92 Å². The molecule has 24 heavy (non-hydrogen) atoms. The lowest BCUT2D eigenvalue weighted by Gasteiger charge is -2.13. The summed E-state index contributed by atoms with van der Waals surface area (Å²) in [6.07, 6.45) is 1.17. The molecule has 0 saturated carbocycles. The molecule has 1 unspecified atom stereocenters. The van der Waals surface area contributed by atoms with Crippen molar-refractivity contribution in [3.05, 3.63) is 71.3 Å². The molecule has 0 spiro atoms. The summed E-state index contributed by atoms with van der Waals surface area (Å²) in [6.45, 7) is 1.70. The van der Waals surface area contributed by atoms with Gasteiger partial charge in [0.05, 0.1) is 5.69 Å². The van der Waals surface area contributed by atoms with Crippen LogP contribution in [0.3, 0.4) is 0 Å². The second kappa shape index (κ2) is 7.31. The van der Waals surface area contributed by atoms with E-state index in [1.54, 1.807) is 36.0 Å². The van der Waals surface area contributed by atoms with Gasteiger partial charge in [0.2, 0.25) is 0 Å². The van der Waals surface area contributed by atoms with Crippen LogP contribution in [0.5, 0.6) is 5.75 Å². The second-order valence-corrected chi connectivity index (χ2v) is 6.10. The van der Waals surface area contributed by atoms with Gasteiger partial charge >= 0.3 is 0 Å². The lowest BCUT2D eigenvalue weighted by molar-refractivity contribution is -0.122. The number of carbonyl (C=O) groups excluding carboxylic acids is 1. The van der Waals surface area contributed by atoms with Crippen molar-refractivity contribution < 1.29 is 9.53 Å². The predicted molar refractivity (Wildman–Crippen MR) is 96.4 cm³/mol. The Hall–Kier alpha value is -2.60. The van der Waals surface area contributed by atoms with Gasteiger partial charge in [-0.3, -0.25) is 4.79 Å². The van der Waals surface area contributed by atoms with Crippen LogP contribution >= 0.6 is 15.9 Å². The van der Waals surface area contributed by atoms with Crippen molar-refractivity contribution in [2.45, 2.75) is 13.0 Å². The number of nitrogens with zero attached hydrogens (tertiary/aromatic N) is 2. The van der Waals surface area contributed by atoms with E-state index in [-0.39, 0.29) is 5.91 Å². The summed E-state index contributed by atoms with van der Waals surface area (Å²) in [5.74, 6) is 0.863. The molecule has 0 bridgehead atoms. The number of ether oxygens (including phenoxy) is 1. The minimum Gasteiger partial charge on any atom is -0.481 e. The van der Waals surface area contributed by atoms with Gasteiger partial charge in [-0.15, -0.1) is 0 Å². The molecule has 1 atom stereocenters. The van der Waals surface area contributed by atoms with Crippen LogP contribution in [0.2, 0.25) is 0 Å². The molecule has 1 aromatic heterocycles. The van der Waals surface area contributed by atoms with E-state index in [4.69, 9.17) is 4.74 Å². The van der Waals surface area contributed by atoms with E-state index >= 15 is 0 Å². The van der Waals surface area contributed by atoms with Crippen molar-refractivity contribution in [3.8, 4) is 11.4 Å². The third-order valence-electron chi connectivity index (χ3n) is 3.36. The smallest absolute Gasteiger partial charge is 0.266 e. The van der Waals surface area contributed by atoms with Crippen LogP contribution < -0.4 is 10.1 Å². The van der Waals surface area contributed by atoms with Crippen LogP contribution in [0, 0.1) is 0 Å². The Morgan fingerprint density at radius 2 is 1.83 bits per heavy atom. The van der Waals surface area contributed by atoms with Gasteiger partial charge in [-0.1, -0.05) is 34.1 Å². The van der Waals surface area contributed by atoms with Gasteiger partial charge in [0.15, 0.2) is 11.9 Å². The average molecular weight is 386 g/mol. The molecule has 5 nitrogen and oxygen atoms in total. The van der Waals surface area contributed by atoms with Crippen molar-refractivity contribution in [2.24, 2.45) is 0 Å². The van der Waals surface area contributed by atoms with Crippen molar-refractivity contribution in [1.82, 2.24) is 9.78 Å². The largest absolute Gasteiger partial charge is 0.481 e. The zero-order valence-electron chi connectivity index (χ0n) is 13.0. The molecule has 0 aliphatic carbocycles. The lowest BCUT2D eigenvalue weighted by atomic mass is 10.3. The number of rotatable bonds is 5. The fourth-order valence-corrected chi connectivity index (χ4v) is 2.38. The normalized spacial score (nSPS) is 11.8. The Morgan fingerprint density at radius 3 is 2.54 bits per heavy atom. The Labute approximate surface area is 148 Å². The van der Waals surface area contributed by atoms with E-state index in [0.29, 0.717) is 11.6 Å². The molecule has 3 rings (SSSR count). The maximum absolute atomic E-state index is 12.2. The Morgan fingerprint density at radius 1 is 1.12 bits per heavy atom. The maximum Gasteiger partial charge on any atom is 0.266 e. The van der Waals surface area contributed by atoms with E-state index in [0.717, 1.165) is 10.2 Å². The van der Waals surface area contributed by atoms with E-state index < -0.39 is 6.10 Å². The van der Waals surface area contributed by atoms with Crippen molar-refractivity contribution in [2.75, 3.05) is 5.32 Å². The first-order valence-corrected chi connectivity index (χ1v) is 8.25. The molecule has 1 amide bonds. The van der Waals surface area contributed by atoms with Gasteiger partial charge in [-0.05, 0) is 43.3 Å². The molecule has 0 fully saturated rings. The molecule has 122 valence electrons. The summed E-state index contributed by atoms with van der Waals surface area (Å²) in [4.78, 5) is 12.2. The maximum atomic E-state index is 12.2. The first-order chi connectivity index (χ1) is 11.6. The lowest BCUT2D eigenvalue weighted by Crippen LogP contribution is -2.30. The number of hydrogen-bond acceptors (Lipinski definition) is 3. The van der Waals surface area contributed by atoms with Gasteiger partial charge in [-0.25, -0.2) is 4.68 Å². The molecule has 0 radical (unpaired) electrons. The standard InChI is InChI=1S/C18H16BrN3O2/c1-13(24-16-9-7-14(19)8-10-16)18(23)20-17-11-12-22(21-17)15-5-3-2-4-6-15/h2-13H,1H3,(H,20,21,23). The molecule has 1 N–H and O–H groups in total. The molecule has 3 aromatic rings. The molecule has 6 heteroatoms. The monoisotopic (exact) mass is 385 g/mol. The highest BCUT2D eigenvalue weighted by Gasteiger charge is 2.16. The van der Waals surface area contributed by atoms with Gasteiger partial charge in [-0.2, -0.15) is 5.10 Å². The zero-order chi connectivity index (χ0) is 16.9. The van der Waals surface area contributed by atoms with Crippen LogP contribution in [-0.2, 0) is 4.79 Å². The number of carbonyl (C=O) groups is 1. The Kier molecular flexibility index (Phi) is 4.96. The fourth-order valence-electron chi connectivity index (χ4n) is 2.11. The summed E-state index contributed by atoms with van der Waals surface area (Å²) in [5.41, 5.74) is 0.928. The van der Waals surface area contributed by atoms with E-state index in [2.05, 4.69) is 26.3 Å².